The highest BCUT2D eigenvalue weighted by Gasteiger charge is 2.18. The standard InChI is InChI=1S/C18H13ClFN5OS/c1-9(17(26)22-14-7-6-10(20)8-12(14)19)27-18-23-16-15(24-25-18)11-4-2-3-5-13(11)21-16/h2-9H,1H3,(H,22,26)(H,21,23,25)/t9-/m1/s1. The van der Waals surface area contributed by atoms with Gasteiger partial charge in [-0.15, -0.1) is 10.2 Å². The van der Waals surface area contributed by atoms with Crippen molar-refractivity contribution >= 4 is 57.0 Å². The maximum absolute atomic E-state index is 13.1. The lowest BCUT2D eigenvalue weighted by molar-refractivity contribution is -0.115. The average molecular weight is 402 g/mol. The number of hydrogen-bond donors (Lipinski definition) is 2. The zero-order chi connectivity index (χ0) is 19.0. The summed E-state index contributed by atoms with van der Waals surface area (Å²) in [7, 11) is 0. The van der Waals surface area contributed by atoms with E-state index in [2.05, 4.69) is 25.5 Å². The Kier molecular flexibility index (Phi) is 4.67. The predicted octanol–water partition coefficient (Wildman–Crippen LogP) is 4.42. The first-order chi connectivity index (χ1) is 13.0. The third kappa shape index (κ3) is 3.58. The lowest BCUT2D eigenvalue weighted by Gasteiger charge is -2.11. The number of amides is 1. The normalized spacial score (nSPS) is 12.4. The van der Waals surface area contributed by atoms with Gasteiger partial charge in [0.05, 0.1) is 16.0 Å². The number of H-pyrrole nitrogens is 1. The van der Waals surface area contributed by atoms with Crippen LogP contribution in [0.2, 0.25) is 5.02 Å². The van der Waals surface area contributed by atoms with Gasteiger partial charge < -0.3 is 10.3 Å². The van der Waals surface area contributed by atoms with Crippen molar-refractivity contribution in [1.82, 2.24) is 20.2 Å². The number of aromatic nitrogens is 4. The molecule has 0 aliphatic carbocycles. The molecule has 9 heteroatoms. The van der Waals surface area contributed by atoms with E-state index >= 15 is 0 Å². The van der Waals surface area contributed by atoms with E-state index in [0.717, 1.165) is 17.0 Å². The second-order valence-electron chi connectivity index (χ2n) is 5.84. The number of rotatable bonds is 4. The lowest BCUT2D eigenvalue weighted by atomic mass is 10.2. The highest BCUT2D eigenvalue weighted by molar-refractivity contribution is 8.00. The summed E-state index contributed by atoms with van der Waals surface area (Å²) in [6.45, 7) is 1.72. The second-order valence-corrected chi connectivity index (χ2v) is 7.55. The first kappa shape index (κ1) is 17.7. The minimum absolute atomic E-state index is 0.137. The van der Waals surface area contributed by atoms with Crippen molar-refractivity contribution in [3.05, 3.63) is 53.3 Å². The number of carbonyl (C=O) groups excluding carboxylic acids is 1. The number of benzene rings is 2. The average Bonchev–Trinajstić information content (AvgIpc) is 3.01. The van der Waals surface area contributed by atoms with E-state index < -0.39 is 11.1 Å². The van der Waals surface area contributed by atoms with Crippen LogP contribution in [0.4, 0.5) is 10.1 Å². The third-order valence-corrected chi connectivity index (χ3v) is 5.21. The lowest BCUT2D eigenvalue weighted by Crippen LogP contribution is -2.23. The van der Waals surface area contributed by atoms with Crippen molar-refractivity contribution < 1.29 is 9.18 Å². The van der Waals surface area contributed by atoms with Crippen molar-refractivity contribution in [1.29, 1.82) is 0 Å². The molecule has 2 aromatic heterocycles. The summed E-state index contributed by atoms with van der Waals surface area (Å²) in [5.74, 6) is -0.764. The number of nitrogens with one attached hydrogen (secondary N) is 2. The highest BCUT2D eigenvalue weighted by atomic mass is 35.5. The summed E-state index contributed by atoms with van der Waals surface area (Å²) >= 11 is 7.11. The van der Waals surface area contributed by atoms with Crippen molar-refractivity contribution in [2.24, 2.45) is 0 Å². The van der Waals surface area contributed by atoms with E-state index in [1.807, 2.05) is 24.3 Å². The Bertz CT molecular complexity index is 1170. The molecule has 0 fully saturated rings. The van der Waals surface area contributed by atoms with Gasteiger partial charge in [0.25, 0.3) is 0 Å². The predicted molar refractivity (Wildman–Crippen MR) is 105 cm³/mol. The number of aromatic amines is 1. The number of thioether (sulfide) groups is 1. The molecule has 0 saturated carbocycles. The van der Waals surface area contributed by atoms with Gasteiger partial charge in [-0.05, 0) is 31.2 Å². The van der Waals surface area contributed by atoms with Crippen molar-refractivity contribution in [3.8, 4) is 0 Å². The van der Waals surface area contributed by atoms with Crippen LogP contribution in [-0.2, 0) is 4.79 Å². The minimum Gasteiger partial charge on any atom is -0.338 e. The van der Waals surface area contributed by atoms with Crippen molar-refractivity contribution in [2.75, 3.05) is 5.32 Å². The highest BCUT2D eigenvalue weighted by Crippen LogP contribution is 2.27. The van der Waals surface area contributed by atoms with Gasteiger partial charge in [-0.3, -0.25) is 4.79 Å². The van der Waals surface area contributed by atoms with Crippen molar-refractivity contribution in [2.45, 2.75) is 17.3 Å². The van der Waals surface area contributed by atoms with Crippen LogP contribution in [0.25, 0.3) is 22.1 Å². The van der Waals surface area contributed by atoms with E-state index in [0.29, 0.717) is 22.0 Å². The number of hydrogen-bond acceptors (Lipinski definition) is 5. The SMILES string of the molecule is C[C@@H](Sc1nnc2c(n1)[nH]c1ccccc12)C(=O)Nc1ccc(F)cc1Cl. The summed E-state index contributed by atoms with van der Waals surface area (Å²) in [5.41, 5.74) is 2.57. The van der Waals surface area contributed by atoms with Gasteiger partial charge in [0.2, 0.25) is 11.1 Å². The van der Waals surface area contributed by atoms with Gasteiger partial charge in [-0.2, -0.15) is 0 Å². The maximum atomic E-state index is 13.1. The molecular formula is C18H13ClFN5OS. The Morgan fingerprint density at radius 1 is 1.26 bits per heavy atom. The molecule has 0 aliphatic heterocycles. The van der Waals surface area contributed by atoms with Gasteiger partial charge in [0, 0.05) is 10.9 Å². The third-order valence-electron chi connectivity index (χ3n) is 3.94. The zero-order valence-corrected chi connectivity index (χ0v) is 15.6. The van der Waals surface area contributed by atoms with Crippen LogP contribution in [0.5, 0.6) is 0 Å². The van der Waals surface area contributed by atoms with Crippen LogP contribution in [0.3, 0.4) is 0 Å². The van der Waals surface area contributed by atoms with Gasteiger partial charge in [0.1, 0.15) is 11.3 Å². The molecule has 0 radical (unpaired) electrons. The molecule has 0 aliphatic rings. The van der Waals surface area contributed by atoms with E-state index in [4.69, 9.17) is 11.6 Å². The van der Waals surface area contributed by atoms with Crippen LogP contribution >= 0.6 is 23.4 Å². The number of para-hydroxylation sites is 1. The van der Waals surface area contributed by atoms with E-state index in [-0.39, 0.29) is 10.9 Å². The fraction of sp³-hybridized carbons (Fsp3) is 0.111. The molecule has 0 bridgehead atoms. The van der Waals surface area contributed by atoms with Crippen LogP contribution < -0.4 is 5.32 Å². The van der Waals surface area contributed by atoms with Crippen LogP contribution in [0.15, 0.2) is 47.6 Å². The largest absolute Gasteiger partial charge is 0.338 e. The van der Waals surface area contributed by atoms with E-state index in [1.54, 1.807) is 6.92 Å². The molecule has 27 heavy (non-hydrogen) atoms. The number of halogens is 2. The monoisotopic (exact) mass is 401 g/mol. The van der Waals surface area contributed by atoms with Crippen LogP contribution in [0.1, 0.15) is 6.92 Å². The Morgan fingerprint density at radius 3 is 2.89 bits per heavy atom. The molecule has 2 aromatic carbocycles. The Morgan fingerprint density at radius 2 is 2.07 bits per heavy atom. The number of carbonyl (C=O) groups is 1. The summed E-state index contributed by atoms with van der Waals surface area (Å²) in [5, 5.41) is 12.0. The summed E-state index contributed by atoms with van der Waals surface area (Å²) < 4.78 is 13.1. The number of anilines is 1. The molecular weight excluding hydrogens is 389 g/mol. The molecule has 2 N–H and O–H groups in total. The second kappa shape index (κ2) is 7.13. The van der Waals surface area contributed by atoms with E-state index in [9.17, 15) is 9.18 Å². The van der Waals surface area contributed by atoms with Crippen LogP contribution in [0, 0.1) is 5.82 Å². The molecule has 4 rings (SSSR count). The quantitative estimate of drug-likeness (QED) is 0.494. The van der Waals surface area contributed by atoms with Gasteiger partial charge in [-0.1, -0.05) is 41.6 Å². The summed E-state index contributed by atoms with van der Waals surface area (Å²) in [6.07, 6.45) is 0. The van der Waals surface area contributed by atoms with Crippen LogP contribution in [-0.4, -0.2) is 31.3 Å². The van der Waals surface area contributed by atoms with Gasteiger partial charge >= 0.3 is 0 Å². The molecule has 0 spiro atoms. The summed E-state index contributed by atoms with van der Waals surface area (Å²) in [6, 6.07) is 11.5. The molecule has 1 amide bonds. The zero-order valence-electron chi connectivity index (χ0n) is 14.0. The molecule has 6 nitrogen and oxygen atoms in total. The fourth-order valence-corrected chi connectivity index (χ4v) is 3.52. The minimum atomic E-state index is -0.505. The van der Waals surface area contributed by atoms with Gasteiger partial charge in [0.15, 0.2) is 5.65 Å². The first-order valence-electron chi connectivity index (χ1n) is 8.05. The molecule has 136 valence electrons. The molecule has 4 aromatic rings. The topological polar surface area (TPSA) is 83.6 Å². The molecule has 0 unspecified atom stereocenters. The van der Waals surface area contributed by atoms with E-state index in [1.165, 1.54) is 23.9 Å². The fourth-order valence-electron chi connectivity index (χ4n) is 2.59. The maximum Gasteiger partial charge on any atom is 0.237 e. The summed E-state index contributed by atoms with van der Waals surface area (Å²) in [4.78, 5) is 20.0. The number of nitrogens with zero attached hydrogens (tertiary/aromatic N) is 3. The molecule has 2 heterocycles. The molecule has 1 atom stereocenters. The number of fused-ring (bicyclic) bond motifs is 3. The first-order valence-corrected chi connectivity index (χ1v) is 9.31. The van der Waals surface area contributed by atoms with Gasteiger partial charge in [-0.25, -0.2) is 9.37 Å². The molecule has 0 saturated heterocycles. The Balaban J connectivity index is 1.52. The Hall–Kier alpha value is -2.71. The van der Waals surface area contributed by atoms with Crippen molar-refractivity contribution in [3.63, 3.8) is 0 Å². The Labute approximate surface area is 162 Å². The smallest absolute Gasteiger partial charge is 0.237 e.